The third-order valence-corrected chi connectivity index (χ3v) is 3.67. The van der Waals surface area contributed by atoms with Gasteiger partial charge in [0.25, 0.3) is 0 Å². The van der Waals surface area contributed by atoms with E-state index in [1.807, 2.05) is 0 Å². The molecule has 90 valence electrons. The van der Waals surface area contributed by atoms with Gasteiger partial charge in [0.05, 0.1) is 0 Å². The maximum absolute atomic E-state index is 8.65. The van der Waals surface area contributed by atoms with Crippen LogP contribution in [-0.4, -0.2) is 24.3 Å². The molecule has 0 spiro atoms. The number of aliphatic hydroxyl groups is 1. The number of unbranched alkanes of at least 4 members (excludes halogenated alkanes) is 3. The van der Waals surface area contributed by atoms with Crippen LogP contribution in [-0.2, 0) is 0 Å². The molecule has 2 atom stereocenters. The van der Waals surface area contributed by atoms with Gasteiger partial charge in [0.2, 0.25) is 0 Å². The van der Waals surface area contributed by atoms with E-state index in [-0.39, 0.29) is 0 Å². The minimum absolute atomic E-state index is 0.355. The van der Waals surface area contributed by atoms with Gasteiger partial charge in [-0.2, -0.15) is 0 Å². The van der Waals surface area contributed by atoms with Crippen molar-refractivity contribution in [3.8, 4) is 0 Å². The Balaban J connectivity index is 1.95. The van der Waals surface area contributed by atoms with Gasteiger partial charge in [-0.3, -0.25) is 0 Å². The van der Waals surface area contributed by atoms with Crippen LogP contribution in [0.5, 0.6) is 0 Å². The van der Waals surface area contributed by atoms with Gasteiger partial charge in [0.15, 0.2) is 0 Å². The van der Waals surface area contributed by atoms with E-state index in [4.69, 9.17) is 5.11 Å². The van der Waals surface area contributed by atoms with Crippen molar-refractivity contribution in [2.75, 3.05) is 13.2 Å². The fraction of sp³-hybridized carbons (Fsp3) is 1.00. The molecule has 0 bridgehead atoms. The molecule has 2 heteroatoms. The summed E-state index contributed by atoms with van der Waals surface area (Å²) in [7, 11) is 0. The largest absolute Gasteiger partial charge is 0.396 e. The van der Waals surface area contributed by atoms with Gasteiger partial charge >= 0.3 is 0 Å². The molecule has 0 aromatic rings. The lowest BCUT2D eigenvalue weighted by atomic mass is 10.0. The molecular formula is C13H27NO. The molecule has 2 N–H and O–H groups in total. The lowest BCUT2D eigenvalue weighted by Gasteiger charge is -2.19. The number of aliphatic hydroxyl groups excluding tert-OH is 1. The second kappa shape index (κ2) is 8.12. The quantitative estimate of drug-likeness (QED) is 0.608. The fourth-order valence-electron chi connectivity index (χ4n) is 2.67. The smallest absolute Gasteiger partial charge is 0.0431 e. The third kappa shape index (κ3) is 4.98. The van der Waals surface area contributed by atoms with Crippen LogP contribution in [0.15, 0.2) is 0 Å². The second-order valence-corrected chi connectivity index (χ2v) is 4.80. The lowest BCUT2D eigenvalue weighted by Crippen LogP contribution is -2.32. The first-order valence-electron chi connectivity index (χ1n) is 6.72. The number of rotatable bonds is 8. The molecule has 1 rings (SSSR count). The van der Waals surface area contributed by atoms with E-state index in [1.54, 1.807) is 0 Å². The molecule has 0 aliphatic heterocycles. The maximum atomic E-state index is 8.65. The zero-order chi connectivity index (χ0) is 10.9. The highest BCUT2D eigenvalue weighted by molar-refractivity contribution is 4.81. The summed E-state index contributed by atoms with van der Waals surface area (Å²) >= 11 is 0. The molecule has 1 aliphatic carbocycles. The van der Waals surface area contributed by atoms with Gasteiger partial charge in [-0.15, -0.1) is 0 Å². The Kier molecular flexibility index (Phi) is 7.03. The number of hydrogen-bond acceptors (Lipinski definition) is 2. The summed E-state index contributed by atoms with van der Waals surface area (Å²) in [5.41, 5.74) is 0. The van der Waals surface area contributed by atoms with Gasteiger partial charge < -0.3 is 10.4 Å². The van der Waals surface area contributed by atoms with Crippen LogP contribution in [0, 0.1) is 5.92 Å². The summed E-state index contributed by atoms with van der Waals surface area (Å²) in [6.45, 7) is 3.84. The molecule has 1 fully saturated rings. The normalized spacial score (nSPS) is 26.0. The summed E-state index contributed by atoms with van der Waals surface area (Å²) in [6.07, 6.45) is 10.3. The van der Waals surface area contributed by atoms with Crippen molar-refractivity contribution in [1.29, 1.82) is 0 Å². The van der Waals surface area contributed by atoms with E-state index in [0.29, 0.717) is 6.61 Å². The van der Waals surface area contributed by atoms with Crippen LogP contribution in [0.1, 0.15) is 58.3 Å². The highest BCUT2D eigenvalue weighted by Crippen LogP contribution is 2.27. The van der Waals surface area contributed by atoms with E-state index < -0.39 is 0 Å². The van der Waals surface area contributed by atoms with Crippen molar-refractivity contribution < 1.29 is 5.11 Å². The molecule has 2 unspecified atom stereocenters. The molecule has 1 aliphatic rings. The van der Waals surface area contributed by atoms with Gasteiger partial charge in [0.1, 0.15) is 0 Å². The average molecular weight is 213 g/mol. The first-order valence-corrected chi connectivity index (χ1v) is 6.72. The standard InChI is InChI=1S/C13H27NO/c1-2-12-8-7-9-13(12)14-10-5-3-4-6-11-15/h12-15H,2-11H2,1H3. The van der Waals surface area contributed by atoms with E-state index >= 15 is 0 Å². The molecule has 0 saturated heterocycles. The Bertz CT molecular complexity index is 149. The molecule has 0 heterocycles. The van der Waals surface area contributed by atoms with Crippen molar-refractivity contribution in [3.63, 3.8) is 0 Å². The van der Waals surface area contributed by atoms with E-state index in [0.717, 1.165) is 18.4 Å². The highest BCUT2D eigenvalue weighted by Gasteiger charge is 2.24. The molecule has 0 aromatic carbocycles. The second-order valence-electron chi connectivity index (χ2n) is 4.80. The maximum Gasteiger partial charge on any atom is 0.0431 e. The minimum atomic E-state index is 0.355. The highest BCUT2D eigenvalue weighted by atomic mass is 16.2. The van der Waals surface area contributed by atoms with Crippen LogP contribution < -0.4 is 5.32 Å². The minimum Gasteiger partial charge on any atom is -0.396 e. The topological polar surface area (TPSA) is 32.3 Å². The molecule has 0 aromatic heterocycles. The van der Waals surface area contributed by atoms with Crippen molar-refractivity contribution in [2.45, 2.75) is 64.3 Å². The van der Waals surface area contributed by atoms with Gasteiger partial charge in [-0.05, 0) is 38.1 Å². The summed E-state index contributed by atoms with van der Waals surface area (Å²) in [4.78, 5) is 0. The predicted molar refractivity (Wildman–Crippen MR) is 65.0 cm³/mol. The molecule has 0 radical (unpaired) electrons. The van der Waals surface area contributed by atoms with Crippen molar-refractivity contribution in [2.24, 2.45) is 5.92 Å². The molecular weight excluding hydrogens is 186 g/mol. The lowest BCUT2D eigenvalue weighted by molar-refractivity contribution is 0.282. The molecule has 15 heavy (non-hydrogen) atoms. The Morgan fingerprint density at radius 2 is 1.93 bits per heavy atom. The van der Waals surface area contributed by atoms with E-state index in [2.05, 4.69) is 12.2 Å². The van der Waals surface area contributed by atoms with Crippen molar-refractivity contribution in [3.05, 3.63) is 0 Å². The average Bonchev–Trinajstić information content (AvgIpc) is 2.70. The number of nitrogens with one attached hydrogen (secondary N) is 1. The Labute approximate surface area is 94.5 Å². The van der Waals surface area contributed by atoms with Crippen molar-refractivity contribution >= 4 is 0 Å². The van der Waals surface area contributed by atoms with E-state index in [9.17, 15) is 0 Å². The summed E-state index contributed by atoms with van der Waals surface area (Å²) < 4.78 is 0. The van der Waals surface area contributed by atoms with Crippen LogP contribution >= 0.6 is 0 Å². The first kappa shape index (κ1) is 13.0. The van der Waals surface area contributed by atoms with Crippen LogP contribution in [0.3, 0.4) is 0 Å². The van der Waals surface area contributed by atoms with Gasteiger partial charge in [-0.25, -0.2) is 0 Å². The Morgan fingerprint density at radius 3 is 2.67 bits per heavy atom. The molecule has 1 saturated carbocycles. The monoisotopic (exact) mass is 213 g/mol. The summed E-state index contributed by atoms with van der Waals surface area (Å²) in [5.74, 6) is 0.933. The fourth-order valence-corrected chi connectivity index (χ4v) is 2.67. The van der Waals surface area contributed by atoms with Crippen molar-refractivity contribution in [1.82, 2.24) is 5.32 Å². The van der Waals surface area contributed by atoms with E-state index in [1.165, 1.54) is 51.5 Å². The Hall–Kier alpha value is -0.0800. The first-order chi connectivity index (χ1) is 7.38. The zero-order valence-corrected chi connectivity index (χ0v) is 10.2. The van der Waals surface area contributed by atoms with Crippen LogP contribution in [0.2, 0.25) is 0 Å². The van der Waals surface area contributed by atoms with Crippen LogP contribution in [0.25, 0.3) is 0 Å². The number of hydrogen-bond donors (Lipinski definition) is 2. The summed E-state index contributed by atoms with van der Waals surface area (Å²) in [5, 5.41) is 12.3. The zero-order valence-electron chi connectivity index (χ0n) is 10.2. The van der Waals surface area contributed by atoms with Crippen LogP contribution in [0.4, 0.5) is 0 Å². The van der Waals surface area contributed by atoms with Gasteiger partial charge in [0, 0.05) is 12.6 Å². The summed E-state index contributed by atoms with van der Waals surface area (Å²) in [6, 6.07) is 0.799. The predicted octanol–water partition coefficient (Wildman–Crippen LogP) is 2.71. The molecule has 2 nitrogen and oxygen atoms in total. The Morgan fingerprint density at radius 1 is 1.13 bits per heavy atom. The molecule has 0 amide bonds. The SMILES string of the molecule is CCC1CCCC1NCCCCCCO. The third-order valence-electron chi connectivity index (χ3n) is 3.67. The van der Waals surface area contributed by atoms with Gasteiger partial charge in [-0.1, -0.05) is 32.6 Å².